The number of carboxylic acids is 2. The first kappa shape index (κ1) is 25.2. The van der Waals surface area contributed by atoms with Gasteiger partial charge in [0.1, 0.15) is 12.4 Å². The van der Waals surface area contributed by atoms with E-state index in [9.17, 15) is 19.2 Å². The third kappa shape index (κ3) is 5.48. The van der Waals surface area contributed by atoms with Crippen molar-refractivity contribution in [1.82, 2.24) is 4.57 Å². The van der Waals surface area contributed by atoms with E-state index in [1.54, 1.807) is 71.3 Å². The van der Waals surface area contributed by atoms with Crippen LogP contribution in [0.25, 0.3) is 10.2 Å². The normalized spacial score (nSPS) is 11.1. The van der Waals surface area contributed by atoms with Gasteiger partial charge < -0.3 is 14.9 Å². The number of aromatic nitrogens is 1. The Labute approximate surface area is 214 Å². The molecule has 0 amide bonds. The maximum Gasteiger partial charge on any atom is 0.318 e. The molecule has 36 heavy (non-hydrogen) atoms. The van der Waals surface area contributed by atoms with Crippen molar-refractivity contribution in [2.24, 2.45) is 5.92 Å². The van der Waals surface area contributed by atoms with Gasteiger partial charge in [-0.05, 0) is 54.4 Å². The average Bonchev–Trinajstić information content (AvgIpc) is 3.17. The second kappa shape index (κ2) is 10.8. The largest absolute Gasteiger partial charge is 0.492 e. The molecular formula is C26H20ClNO7S. The lowest BCUT2D eigenvalue weighted by Gasteiger charge is -2.10. The highest BCUT2D eigenvalue weighted by Gasteiger charge is 2.25. The molecule has 0 aliphatic carbocycles. The number of ether oxygens (including phenoxy) is 1. The molecule has 0 radical (unpaired) electrons. The highest BCUT2D eigenvalue weighted by Crippen LogP contribution is 2.24. The number of thiazole rings is 1. The fourth-order valence-corrected chi connectivity index (χ4v) is 4.89. The van der Waals surface area contributed by atoms with Crippen molar-refractivity contribution in [3.63, 3.8) is 0 Å². The lowest BCUT2D eigenvalue weighted by Crippen LogP contribution is -2.25. The predicted molar refractivity (Wildman–Crippen MR) is 135 cm³/mol. The van der Waals surface area contributed by atoms with E-state index in [2.05, 4.69) is 0 Å². The summed E-state index contributed by atoms with van der Waals surface area (Å²) in [5.74, 6) is -4.02. The Hall–Kier alpha value is -3.95. The van der Waals surface area contributed by atoms with Gasteiger partial charge >= 0.3 is 16.8 Å². The van der Waals surface area contributed by atoms with E-state index in [1.807, 2.05) is 0 Å². The molecule has 2 N–H and O–H groups in total. The van der Waals surface area contributed by atoms with E-state index < -0.39 is 17.9 Å². The predicted octanol–water partition coefficient (Wildman–Crippen LogP) is 4.35. The van der Waals surface area contributed by atoms with Crippen molar-refractivity contribution in [3.05, 3.63) is 98.1 Å². The summed E-state index contributed by atoms with van der Waals surface area (Å²) >= 11 is 7.19. The molecule has 10 heteroatoms. The van der Waals surface area contributed by atoms with E-state index in [4.69, 9.17) is 26.6 Å². The minimum absolute atomic E-state index is 0.137. The number of halogens is 1. The maximum atomic E-state index is 12.8. The number of nitrogens with zero attached hydrogens (tertiary/aromatic N) is 1. The summed E-state index contributed by atoms with van der Waals surface area (Å²) in [5.41, 5.74) is 2.08. The molecule has 4 rings (SSSR count). The van der Waals surface area contributed by atoms with Gasteiger partial charge in [-0.2, -0.15) is 0 Å². The van der Waals surface area contributed by atoms with Gasteiger partial charge in [0.2, 0.25) is 0 Å². The molecule has 3 aromatic carbocycles. The summed E-state index contributed by atoms with van der Waals surface area (Å²) < 4.78 is 7.96. The third-order valence-electron chi connectivity index (χ3n) is 5.59. The molecule has 0 spiro atoms. The second-order valence-corrected chi connectivity index (χ2v) is 9.34. The molecule has 0 unspecified atom stereocenters. The smallest absolute Gasteiger partial charge is 0.318 e. The number of benzene rings is 3. The van der Waals surface area contributed by atoms with Crippen LogP contribution in [0, 0.1) is 5.92 Å². The molecule has 0 bridgehead atoms. The number of carbonyl (C=O) groups is 3. The number of hydrogen-bond acceptors (Lipinski definition) is 6. The van der Waals surface area contributed by atoms with Gasteiger partial charge in [0, 0.05) is 11.1 Å². The number of carboxylic acid groups (broad SMARTS) is 2. The molecule has 0 aliphatic heterocycles. The van der Waals surface area contributed by atoms with Crippen molar-refractivity contribution >= 4 is 50.9 Å². The van der Waals surface area contributed by atoms with Crippen LogP contribution in [-0.2, 0) is 22.6 Å². The molecular weight excluding hydrogens is 506 g/mol. The van der Waals surface area contributed by atoms with Crippen LogP contribution in [0.4, 0.5) is 0 Å². The first-order valence-electron chi connectivity index (χ1n) is 10.8. The van der Waals surface area contributed by atoms with Gasteiger partial charge in [-0.15, -0.1) is 0 Å². The molecule has 0 saturated carbocycles. The number of ketones is 1. The Balaban J connectivity index is 1.42. The van der Waals surface area contributed by atoms with E-state index in [0.717, 1.165) is 11.3 Å². The number of rotatable bonds is 10. The SMILES string of the molecule is O=C(c1ccc2c(c1)sc(=O)n2CCOc1ccc(CC(C(=O)O)C(=O)O)cc1)c1ccccc1Cl. The van der Waals surface area contributed by atoms with E-state index in [-0.39, 0.29) is 30.2 Å². The zero-order chi connectivity index (χ0) is 25.8. The summed E-state index contributed by atoms with van der Waals surface area (Å²) in [5, 5.41) is 18.4. The first-order valence-corrected chi connectivity index (χ1v) is 12.0. The quantitative estimate of drug-likeness (QED) is 0.233. The molecule has 1 aromatic heterocycles. The third-order valence-corrected chi connectivity index (χ3v) is 6.86. The van der Waals surface area contributed by atoms with E-state index in [0.29, 0.717) is 37.7 Å². The summed E-state index contributed by atoms with van der Waals surface area (Å²) in [6.07, 6.45) is -0.137. The van der Waals surface area contributed by atoms with Crippen LogP contribution in [0.5, 0.6) is 5.75 Å². The number of hydrogen-bond donors (Lipinski definition) is 2. The van der Waals surface area contributed by atoms with Gasteiger partial charge in [-0.3, -0.25) is 23.7 Å². The van der Waals surface area contributed by atoms with E-state index >= 15 is 0 Å². The molecule has 0 aliphatic rings. The van der Waals surface area contributed by atoms with Crippen LogP contribution in [-0.4, -0.2) is 39.1 Å². The summed E-state index contributed by atoms with van der Waals surface area (Å²) in [4.78, 5) is 47.4. The summed E-state index contributed by atoms with van der Waals surface area (Å²) in [6, 6.07) is 18.3. The van der Waals surface area contributed by atoms with Crippen LogP contribution < -0.4 is 9.61 Å². The topological polar surface area (TPSA) is 123 Å². The second-order valence-electron chi connectivity index (χ2n) is 7.94. The molecule has 0 atom stereocenters. The fraction of sp³-hybridized carbons (Fsp3) is 0.154. The van der Waals surface area contributed by atoms with Crippen molar-refractivity contribution in [2.45, 2.75) is 13.0 Å². The lowest BCUT2D eigenvalue weighted by molar-refractivity contribution is -0.154. The number of fused-ring (bicyclic) bond motifs is 1. The first-order chi connectivity index (χ1) is 17.2. The standard InChI is InChI=1S/C26H20ClNO7S/c27-20-4-2-1-3-18(20)23(29)16-7-10-21-22(14-16)36-26(34)28(21)11-12-35-17-8-5-15(6-9-17)13-19(24(30)31)25(32)33/h1-10,14,19H,11-13H2,(H,30,31)(H,32,33). The van der Waals surface area contributed by atoms with Gasteiger partial charge in [0.25, 0.3) is 0 Å². The van der Waals surface area contributed by atoms with Gasteiger partial charge in [0.05, 0.1) is 21.8 Å². The minimum atomic E-state index is -1.52. The van der Waals surface area contributed by atoms with Crippen LogP contribution in [0.1, 0.15) is 21.5 Å². The summed E-state index contributed by atoms with van der Waals surface area (Å²) in [6.45, 7) is 0.469. The van der Waals surface area contributed by atoms with Gasteiger partial charge in [-0.1, -0.05) is 47.2 Å². The van der Waals surface area contributed by atoms with Gasteiger partial charge in [0.15, 0.2) is 11.7 Å². The molecule has 4 aromatic rings. The highest BCUT2D eigenvalue weighted by atomic mass is 35.5. The van der Waals surface area contributed by atoms with Gasteiger partial charge in [-0.25, -0.2) is 0 Å². The Bertz CT molecular complexity index is 1490. The zero-order valence-electron chi connectivity index (χ0n) is 18.7. The van der Waals surface area contributed by atoms with Crippen molar-refractivity contribution < 1.29 is 29.3 Å². The Morgan fingerprint density at radius 1 is 0.972 bits per heavy atom. The van der Waals surface area contributed by atoms with Crippen LogP contribution in [0.2, 0.25) is 5.02 Å². The molecule has 1 heterocycles. The lowest BCUT2D eigenvalue weighted by atomic mass is 10.00. The molecule has 184 valence electrons. The molecule has 0 saturated heterocycles. The molecule has 8 nitrogen and oxygen atoms in total. The fourth-order valence-electron chi connectivity index (χ4n) is 3.71. The maximum absolute atomic E-state index is 12.8. The zero-order valence-corrected chi connectivity index (χ0v) is 20.3. The van der Waals surface area contributed by atoms with Crippen molar-refractivity contribution in [1.29, 1.82) is 0 Å². The Kier molecular flexibility index (Phi) is 7.52. The van der Waals surface area contributed by atoms with Crippen molar-refractivity contribution in [3.8, 4) is 5.75 Å². The minimum Gasteiger partial charge on any atom is -0.492 e. The Morgan fingerprint density at radius 2 is 1.67 bits per heavy atom. The average molecular weight is 526 g/mol. The summed E-state index contributed by atoms with van der Waals surface area (Å²) in [7, 11) is 0. The molecule has 0 fully saturated rings. The van der Waals surface area contributed by atoms with Crippen LogP contribution >= 0.6 is 22.9 Å². The van der Waals surface area contributed by atoms with E-state index in [1.165, 1.54) is 0 Å². The van der Waals surface area contributed by atoms with Crippen LogP contribution in [0.15, 0.2) is 71.5 Å². The highest BCUT2D eigenvalue weighted by molar-refractivity contribution is 7.16. The number of aliphatic carboxylic acids is 2. The monoisotopic (exact) mass is 525 g/mol. The van der Waals surface area contributed by atoms with Crippen LogP contribution in [0.3, 0.4) is 0 Å². The van der Waals surface area contributed by atoms with Crippen molar-refractivity contribution in [2.75, 3.05) is 6.61 Å². The number of carbonyl (C=O) groups excluding carboxylic acids is 1. The Morgan fingerprint density at radius 3 is 2.33 bits per heavy atom.